The normalized spacial score (nSPS) is 24.9. The third-order valence-corrected chi connectivity index (χ3v) is 5.39. The highest BCUT2D eigenvalue weighted by Crippen LogP contribution is 2.39. The quantitative estimate of drug-likeness (QED) is 0.886. The van der Waals surface area contributed by atoms with Crippen LogP contribution in [0.4, 0.5) is 5.13 Å². The van der Waals surface area contributed by atoms with Gasteiger partial charge < -0.3 is 10.6 Å². The van der Waals surface area contributed by atoms with E-state index in [4.69, 9.17) is 5.73 Å². The van der Waals surface area contributed by atoms with Gasteiger partial charge in [-0.2, -0.15) is 0 Å². The van der Waals surface area contributed by atoms with Gasteiger partial charge in [0.05, 0.1) is 0 Å². The Labute approximate surface area is 113 Å². The minimum Gasteiger partial charge on any atom is -0.375 e. The van der Waals surface area contributed by atoms with E-state index in [9.17, 15) is 0 Å². The van der Waals surface area contributed by atoms with Crippen LogP contribution in [0.5, 0.6) is 0 Å². The molecular formula is C13H22N4S. The van der Waals surface area contributed by atoms with Crippen LogP contribution < -0.4 is 5.73 Å². The molecule has 0 saturated carbocycles. The van der Waals surface area contributed by atoms with Crippen molar-refractivity contribution in [1.82, 2.24) is 14.8 Å². The first-order valence-corrected chi connectivity index (χ1v) is 7.63. The summed E-state index contributed by atoms with van der Waals surface area (Å²) in [6.07, 6.45) is 7.30. The summed E-state index contributed by atoms with van der Waals surface area (Å²) >= 11 is 1.64. The zero-order chi connectivity index (χ0) is 12.6. The molecule has 1 spiro atoms. The summed E-state index contributed by atoms with van der Waals surface area (Å²) in [5, 5.41) is 0.696. The van der Waals surface area contributed by atoms with Crippen molar-refractivity contribution in [3.05, 3.63) is 11.1 Å². The van der Waals surface area contributed by atoms with Gasteiger partial charge in [-0.05, 0) is 52.4 Å². The minimum atomic E-state index is 0.464. The van der Waals surface area contributed by atoms with Crippen LogP contribution in [0.25, 0.3) is 0 Å². The lowest BCUT2D eigenvalue weighted by molar-refractivity contribution is 0.0575. The van der Waals surface area contributed by atoms with Crippen LogP contribution in [0.15, 0.2) is 6.20 Å². The Kier molecular flexibility index (Phi) is 3.30. The van der Waals surface area contributed by atoms with Gasteiger partial charge in [0.25, 0.3) is 0 Å². The molecule has 0 unspecified atom stereocenters. The first-order valence-electron chi connectivity index (χ1n) is 6.82. The number of nitrogens with zero attached hydrogens (tertiary/aromatic N) is 3. The van der Waals surface area contributed by atoms with Crippen LogP contribution in [-0.2, 0) is 6.54 Å². The summed E-state index contributed by atoms with van der Waals surface area (Å²) < 4.78 is 0. The molecule has 0 radical (unpaired) electrons. The number of likely N-dealkylation sites (tertiary alicyclic amines) is 2. The van der Waals surface area contributed by atoms with Crippen molar-refractivity contribution in [2.24, 2.45) is 0 Å². The molecule has 1 aromatic heterocycles. The fraction of sp³-hybridized carbons (Fsp3) is 0.769. The van der Waals surface area contributed by atoms with Crippen molar-refractivity contribution in [2.75, 3.05) is 32.4 Å². The van der Waals surface area contributed by atoms with Crippen LogP contribution in [0.2, 0.25) is 0 Å². The van der Waals surface area contributed by atoms with E-state index in [-0.39, 0.29) is 0 Å². The molecule has 2 aliphatic rings. The standard InChI is InChI=1S/C13H22N4S/c1-16-7-4-13(5-8-16)3-2-6-17(13)10-11-9-15-12(14)18-11/h9H,2-8,10H2,1H3,(H2,14,15). The van der Waals surface area contributed by atoms with Gasteiger partial charge in [0.1, 0.15) is 0 Å². The predicted octanol–water partition coefficient (Wildman–Crippen LogP) is 1.79. The smallest absolute Gasteiger partial charge is 0.180 e. The predicted molar refractivity (Wildman–Crippen MR) is 75.6 cm³/mol. The molecule has 18 heavy (non-hydrogen) atoms. The number of hydrogen-bond donors (Lipinski definition) is 1. The van der Waals surface area contributed by atoms with Crippen LogP contribution in [0, 0.1) is 0 Å². The first kappa shape index (κ1) is 12.4. The van der Waals surface area contributed by atoms with E-state index in [0.717, 1.165) is 6.54 Å². The molecule has 0 bridgehead atoms. The topological polar surface area (TPSA) is 45.4 Å². The molecule has 2 saturated heterocycles. The van der Waals surface area contributed by atoms with Crippen molar-refractivity contribution >= 4 is 16.5 Å². The van der Waals surface area contributed by atoms with E-state index in [1.807, 2.05) is 6.20 Å². The number of thiazole rings is 1. The lowest BCUT2D eigenvalue weighted by Gasteiger charge is -2.44. The number of anilines is 1. The van der Waals surface area contributed by atoms with E-state index >= 15 is 0 Å². The van der Waals surface area contributed by atoms with E-state index in [2.05, 4.69) is 21.8 Å². The molecule has 0 aliphatic carbocycles. The first-order chi connectivity index (χ1) is 8.68. The molecule has 0 aromatic carbocycles. The Morgan fingerprint density at radius 1 is 1.33 bits per heavy atom. The van der Waals surface area contributed by atoms with Gasteiger partial charge in [-0.3, -0.25) is 4.90 Å². The molecule has 1 aromatic rings. The highest BCUT2D eigenvalue weighted by molar-refractivity contribution is 7.15. The highest BCUT2D eigenvalue weighted by atomic mass is 32.1. The summed E-state index contributed by atoms with van der Waals surface area (Å²) in [4.78, 5) is 10.6. The Morgan fingerprint density at radius 3 is 2.78 bits per heavy atom. The maximum absolute atomic E-state index is 5.72. The van der Waals surface area contributed by atoms with Crippen LogP contribution in [0.1, 0.15) is 30.6 Å². The molecule has 3 rings (SSSR count). The van der Waals surface area contributed by atoms with E-state index in [1.165, 1.54) is 50.2 Å². The summed E-state index contributed by atoms with van der Waals surface area (Å²) in [6, 6.07) is 0. The van der Waals surface area contributed by atoms with Crippen molar-refractivity contribution in [3.8, 4) is 0 Å². The third kappa shape index (κ3) is 2.27. The van der Waals surface area contributed by atoms with Crippen LogP contribution >= 0.6 is 11.3 Å². The third-order valence-electron chi connectivity index (χ3n) is 4.58. The summed E-state index contributed by atoms with van der Waals surface area (Å²) in [6.45, 7) is 4.75. The van der Waals surface area contributed by atoms with Gasteiger partial charge >= 0.3 is 0 Å². The molecule has 0 atom stereocenters. The van der Waals surface area contributed by atoms with Gasteiger partial charge in [0.2, 0.25) is 0 Å². The van der Waals surface area contributed by atoms with Crippen LogP contribution in [-0.4, -0.2) is 47.0 Å². The summed E-state index contributed by atoms with van der Waals surface area (Å²) in [5.41, 5.74) is 6.19. The second kappa shape index (κ2) is 4.79. The molecular weight excluding hydrogens is 244 g/mol. The lowest BCUT2D eigenvalue weighted by atomic mass is 9.85. The maximum Gasteiger partial charge on any atom is 0.180 e. The second-order valence-electron chi connectivity index (χ2n) is 5.72. The Morgan fingerprint density at radius 2 is 2.11 bits per heavy atom. The minimum absolute atomic E-state index is 0.464. The largest absolute Gasteiger partial charge is 0.375 e. The maximum atomic E-state index is 5.72. The second-order valence-corrected chi connectivity index (χ2v) is 6.86. The van der Waals surface area contributed by atoms with E-state index < -0.39 is 0 Å². The molecule has 2 aliphatic heterocycles. The summed E-state index contributed by atoms with van der Waals surface area (Å²) in [5.74, 6) is 0. The Bertz CT molecular complexity index is 409. The van der Waals surface area contributed by atoms with Crippen LogP contribution in [0.3, 0.4) is 0 Å². The van der Waals surface area contributed by atoms with Crippen molar-refractivity contribution in [1.29, 1.82) is 0 Å². The van der Waals surface area contributed by atoms with Crippen molar-refractivity contribution in [3.63, 3.8) is 0 Å². The lowest BCUT2D eigenvalue weighted by Crippen LogP contribution is -2.50. The van der Waals surface area contributed by atoms with Crippen molar-refractivity contribution in [2.45, 2.75) is 37.8 Å². The van der Waals surface area contributed by atoms with E-state index in [0.29, 0.717) is 10.7 Å². The Hall–Kier alpha value is -0.650. The number of aromatic nitrogens is 1. The van der Waals surface area contributed by atoms with Gasteiger partial charge in [-0.1, -0.05) is 0 Å². The molecule has 4 nitrogen and oxygen atoms in total. The van der Waals surface area contributed by atoms with Gasteiger partial charge in [-0.15, -0.1) is 11.3 Å². The Balaban J connectivity index is 1.71. The number of hydrogen-bond acceptors (Lipinski definition) is 5. The SMILES string of the molecule is CN1CCC2(CCCN2Cc2cnc(N)s2)CC1. The average molecular weight is 266 g/mol. The van der Waals surface area contributed by atoms with Gasteiger partial charge in [0.15, 0.2) is 5.13 Å². The zero-order valence-corrected chi connectivity index (χ0v) is 11.9. The molecule has 2 fully saturated rings. The fourth-order valence-corrected chi connectivity index (χ4v) is 4.13. The molecule has 5 heteroatoms. The zero-order valence-electron chi connectivity index (χ0n) is 11.1. The van der Waals surface area contributed by atoms with Crippen molar-refractivity contribution < 1.29 is 0 Å². The summed E-state index contributed by atoms with van der Waals surface area (Å²) in [7, 11) is 2.23. The number of nitrogen functional groups attached to an aromatic ring is 1. The number of rotatable bonds is 2. The monoisotopic (exact) mass is 266 g/mol. The highest BCUT2D eigenvalue weighted by Gasteiger charge is 2.42. The number of piperidine rings is 1. The number of nitrogens with two attached hydrogens (primary N) is 1. The van der Waals surface area contributed by atoms with E-state index in [1.54, 1.807) is 11.3 Å². The fourth-order valence-electron chi connectivity index (χ4n) is 3.43. The molecule has 3 heterocycles. The van der Waals surface area contributed by atoms with Gasteiger partial charge in [-0.25, -0.2) is 4.98 Å². The molecule has 100 valence electrons. The van der Waals surface area contributed by atoms with Gasteiger partial charge in [0, 0.05) is 23.2 Å². The molecule has 0 amide bonds. The molecule has 2 N–H and O–H groups in total. The average Bonchev–Trinajstić information content (AvgIpc) is 2.92.